The minimum atomic E-state index is -0.00878. The van der Waals surface area contributed by atoms with Crippen LogP contribution in [0.3, 0.4) is 0 Å². The summed E-state index contributed by atoms with van der Waals surface area (Å²) in [5, 5.41) is 9.98. The summed E-state index contributed by atoms with van der Waals surface area (Å²) in [6, 6.07) is 14.2. The number of carbonyl (C=O) groups excluding carboxylic acids is 1. The Morgan fingerprint density at radius 2 is 2.08 bits per heavy atom. The molecule has 0 saturated heterocycles. The Hall–Kier alpha value is -2.73. The van der Waals surface area contributed by atoms with Crippen LogP contribution in [0.15, 0.2) is 54.9 Å². The van der Waals surface area contributed by atoms with Gasteiger partial charge in [-0.15, -0.1) is 0 Å². The van der Waals surface area contributed by atoms with Gasteiger partial charge < -0.3 is 5.32 Å². The molecular formula is C18H16N4OS. The number of nitrogens with zero attached hydrogens (tertiary/aromatic N) is 3. The van der Waals surface area contributed by atoms with E-state index in [4.69, 9.17) is 0 Å². The third kappa shape index (κ3) is 3.00. The number of thiazole rings is 1. The third-order valence-corrected chi connectivity index (χ3v) is 4.82. The van der Waals surface area contributed by atoms with Gasteiger partial charge in [-0.05, 0) is 23.9 Å². The van der Waals surface area contributed by atoms with Gasteiger partial charge in [0.1, 0.15) is 0 Å². The topological polar surface area (TPSA) is 59.8 Å². The van der Waals surface area contributed by atoms with Gasteiger partial charge >= 0.3 is 0 Å². The van der Waals surface area contributed by atoms with Crippen molar-refractivity contribution in [2.75, 3.05) is 5.32 Å². The summed E-state index contributed by atoms with van der Waals surface area (Å²) in [6.07, 6.45) is 4.85. The van der Waals surface area contributed by atoms with E-state index in [0.29, 0.717) is 11.6 Å². The van der Waals surface area contributed by atoms with Crippen molar-refractivity contribution in [2.24, 2.45) is 0 Å². The molecule has 0 bridgehead atoms. The van der Waals surface area contributed by atoms with E-state index in [0.717, 1.165) is 34.0 Å². The van der Waals surface area contributed by atoms with E-state index < -0.39 is 0 Å². The van der Waals surface area contributed by atoms with Crippen LogP contribution in [0.2, 0.25) is 0 Å². The van der Waals surface area contributed by atoms with Gasteiger partial charge in [-0.2, -0.15) is 5.10 Å². The van der Waals surface area contributed by atoms with Crippen molar-refractivity contribution in [1.29, 1.82) is 0 Å². The molecule has 4 aromatic rings. The molecule has 1 amide bonds. The molecule has 0 aliphatic rings. The summed E-state index contributed by atoms with van der Waals surface area (Å²) in [6.45, 7) is 0.741. The summed E-state index contributed by atoms with van der Waals surface area (Å²) >= 11 is 1.51. The molecule has 4 rings (SSSR count). The lowest BCUT2D eigenvalue weighted by Gasteiger charge is -2.02. The molecule has 5 nitrogen and oxygen atoms in total. The minimum absolute atomic E-state index is 0.00878. The van der Waals surface area contributed by atoms with Gasteiger partial charge in [0, 0.05) is 30.7 Å². The standard InChI is InChI=1S/C18H16N4OS/c23-16(7-3-11-22-12-4-10-19-22)20-18-21-17-14-6-2-1-5-13(14)8-9-15(17)24-18/h1-2,4-6,8-10,12H,3,7,11H2,(H,20,21,23). The lowest BCUT2D eigenvalue weighted by Crippen LogP contribution is -2.12. The zero-order valence-electron chi connectivity index (χ0n) is 13.0. The molecule has 0 aliphatic carbocycles. The van der Waals surface area contributed by atoms with Crippen LogP contribution in [-0.2, 0) is 11.3 Å². The zero-order chi connectivity index (χ0) is 16.4. The van der Waals surface area contributed by atoms with Crippen LogP contribution in [0.4, 0.5) is 5.13 Å². The third-order valence-electron chi connectivity index (χ3n) is 3.88. The average Bonchev–Trinajstić information content (AvgIpc) is 3.24. The lowest BCUT2D eigenvalue weighted by molar-refractivity contribution is -0.116. The van der Waals surface area contributed by atoms with Gasteiger partial charge in [-0.1, -0.05) is 41.7 Å². The molecule has 0 aliphatic heterocycles. The summed E-state index contributed by atoms with van der Waals surface area (Å²) in [5.41, 5.74) is 0.949. The van der Waals surface area contributed by atoms with E-state index in [-0.39, 0.29) is 5.91 Å². The Balaban J connectivity index is 1.46. The summed E-state index contributed by atoms with van der Waals surface area (Å²) < 4.78 is 2.91. The van der Waals surface area contributed by atoms with Crippen molar-refractivity contribution in [3.05, 3.63) is 54.9 Å². The van der Waals surface area contributed by atoms with Crippen molar-refractivity contribution in [1.82, 2.24) is 14.8 Å². The van der Waals surface area contributed by atoms with E-state index in [9.17, 15) is 4.79 Å². The van der Waals surface area contributed by atoms with Gasteiger partial charge in [0.2, 0.25) is 5.91 Å². The Kier molecular flexibility index (Phi) is 3.96. The first-order valence-electron chi connectivity index (χ1n) is 7.85. The summed E-state index contributed by atoms with van der Waals surface area (Å²) in [5.74, 6) is -0.00878. The van der Waals surface area contributed by atoms with Crippen LogP contribution in [0.5, 0.6) is 0 Å². The average molecular weight is 336 g/mol. The fraction of sp³-hybridized carbons (Fsp3) is 0.167. The molecule has 2 aromatic heterocycles. The van der Waals surface area contributed by atoms with Crippen LogP contribution in [0, 0.1) is 0 Å². The van der Waals surface area contributed by atoms with Gasteiger partial charge in [-0.3, -0.25) is 9.48 Å². The number of carbonyl (C=O) groups is 1. The van der Waals surface area contributed by atoms with Gasteiger partial charge in [-0.25, -0.2) is 4.98 Å². The summed E-state index contributed by atoms with van der Waals surface area (Å²) in [4.78, 5) is 16.7. The normalized spacial score (nSPS) is 11.2. The number of aromatic nitrogens is 3. The first kappa shape index (κ1) is 14.8. The number of anilines is 1. The number of amides is 1. The highest BCUT2D eigenvalue weighted by Gasteiger charge is 2.10. The van der Waals surface area contributed by atoms with Crippen molar-refractivity contribution in [3.63, 3.8) is 0 Å². The number of hydrogen-bond donors (Lipinski definition) is 1. The van der Waals surface area contributed by atoms with Crippen LogP contribution in [0.1, 0.15) is 12.8 Å². The van der Waals surface area contributed by atoms with Crippen LogP contribution < -0.4 is 5.32 Å². The monoisotopic (exact) mass is 336 g/mol. The molecule has 0 saturated carbocycles. The van der Waals surface area contributed by atoms with Gasteiger partial charge in [0.05, 0.1) is 10.2 Å². The molecule has 1 N–H and O–H groups in total. The molecule has 2 aromatic carbocycles. The predicted octanol–water partition coefficient (Wildman–Crippen LogP) is 4.06. The van der Waals surface area contributed by atoms with Gasteiger partial charge in [0.25, 0.3) is 0 Å². The Bertz CT molecular complexity index is 991. The van der Waals surface area contributed by atoms with E-state index in [2.05, 4.69) is 39.7 Å². The number of benzene rings is 2. The zero-order valence-corrected chi connectivity index (χ0v) is 13.8. The molecule has 0 atom stereocenters. The summed E-state index contributed by atoms with van der Waals surface area (Å²) in [7, 11) is 0. The smallest absolute Gasteiger partial charge is 0.226 e. The minimum Gasteiger partial charge on any atom is -0.302 e. The van der Waals surface area contributed by atoms with Crippen molar-refractivity contribution < 1.29 is 4.79 Å². The highest BCUT2D eigenvalue weighted by molar-refractivity contribution is 7.22. The second-order valence-corrected chi connectivity index (χ2v) is 6.60. The van der Waals surface area contributed by atoms with E-state index in [1.165, 1.54) is 11.3 Å². The number of hydrogen-bond acceptors (Lipinski definition) is 4. The molecule has 0 radical (unpaired) electrons. The van der Waals surface area contributed by atoms with Crippen LogP contribution >= 0.6 is 11.3 Å². The lowest BCUT2D eigenvalue weighted by atomic mass is 10.1. The van der Waals surface area contributed by atoms with E-state index in [1.807, 2.05) is 29.1 Å². The van der Waals surface area contributed by atoms with Crippen LogP contribution in [0.25, 0.3) is 21.0 Å². The quantitative estimate of drug-likeness (QED) is 0.598. The number of rotatable bonds is 5. The van der Waals surface area contributed by atoms with E-state index in [1.54, 1.807) is 6.20 Å². The maximum atomic E-state index is 12.1. The van der Waals surface area contributed by atoms with E-state index >= 15 is 0 Å². The highest BCUT2D eigenvalue weighted by atomic mass is 32.1. The molecule has 0 unspecified atom stereocenters. The van der Waals surface area contributed by atoms with Crippen molar-refractivity contribution in [3.8, 4) is 0 Å². The molecule has 120 valence electrons. The number of nitrogens with one attached hydrogen (secondary N) is 1. The highest BCUT2D eigenvalue weighted by Crippen LogP contribution is 2.31. The first-order valence-corrected chi connectivity index (χ1v) is 8.67. The Morgan fingerprint density at radius 1 is 1.17 bits per heavy atom. The largest absolute Gasteiger partial charge is 0.302 e. The van der Waals surface area contributed by atoms with Crippen molar-refractivity contribution >= 4 is 43.4 Å². The second kappa shape index (κ2) is 6.41. The predicted molar refractivity (Wildman–Crippen MR) is 97.2 cm³/mol. The molecule has 24 heavy (non-hydrogen) atoms. The van der Waals surface area contributed by atoms with Crippen LogP contribution in [-0.4, -0.2) is 20.7 Å². The number of aryl methyl sites for hydroxylation is 1. The molecule has 6 heteroatoms. The Labute approximate surface area is 142 Å². The molecule has 2 heterocycles. The molecule has 0 spiro atoms. The first-order chi connectivity index (χ1) is 11.8. The van der Waals surface area contributed by atoms with Crippen molar-refractivity contribution in [2.45, 2.75) is 19.4 Å². The molecule has 0 fully saturated rings. The SMILES string of the molecule is O=C(CCCn1cccn1)Nc1nc2c(ccc3ccccc32)s1. The second-order valence-electron chi connectivity index (χ2n) is 5.57. The maximum absolute atomic E-state index is 12.1. The molecular weight excluding hydrogens is 320 g/mol. The van der Waals surface area contributed by atoms with Gasteiger partial charge in [0.15, 0.2) is 5.13 Å². The Morgan fingerprint density at radius 3 is 2.96 bits per heavy atom. The fourth-order valence-corrected chi connectivity index (χ4v) is 3.63. The number of fused-ring (bicyclic) bond motifs is 3. The fourth-order valence-electron chi connectivity index (χ4n) is 2.73. The maximum Gasteiger partial charge on any atom is 0.226 e.